The predicted molar refractivity (Wildman–Crippen MR) is 120 cm³/mol. The van der Waals surface area contributed by atoms with Gasteiger partial charge < -0.3 is 10.1 Å². The van der Waals surface area contributed by atoms with Gasteiger partial charge >= 0.3 is 0 Å². The fourth-order valence-corrected chi connectivity index (χ4v) is 3.34. The fraction of sp³-hybridized carbons (Fsp3) is 0.458. The van der Waals surface area contributed by atoms with E-state index in [1.165, 1.54) is 6.92 Å². The topological polar surface area (TPSA) is 81.5 Å². The highest BCUT2D eigenvalue weighted by molar-refractivity contribution is 5.91. The van der Waals surface area contributed by atoms with Crippen LogP contribution in [0.15, 0.2) is 30.3 Å². The summed E-state index contributed by atoms with van der Waals surface area (Å²) in [6.07, 6.45) is 1.56. The van der Waals surface area contributed by atoms with Crippen molar-refractivity contribution in [2.75, 3.05) is 5.32 Å². The van der Waals surface area contributed by atoms with E-state index in [9.17, 15) is 19.3 Å². The molecule has 0 aliphatic heterocycles. The molecular formula is C24H31FN2O4. The van der Waals surface area contributed by atoms with Gasteiger partial charge in [0.2, 0.25) is 5.91 Å². The number of nitro benzene ring substituents is 1. The number of carbonyl (C=O) groups excluding carboxylic acids is 1. The maximum atomic E-state index is 14.7. The molecule has 6 nitrogen and oxygen atoms in total. The molecule has 2 aromatic carbocycles. The zero-order valence-electron chi connectivity index (χ0n) is 19.3. The monoisotopic (exact) mass is 430 g/mol. The van der Waals surface area contributed by atoms with E-state index in [4.69, 9.17) is 4.74 Å². The van der Waals surface area contributed by atoms with Crippen molar-refractivity contribution in [3.05, 3.63) is 57.4 Å². The van der Waals surface area contributed by atoms with Gasteiger partial charge in [-0.3, -0.25) is 14.9 Å². The lowest BCUT2D eigenvalue weighted by Gasteiger charge is -2.23. The molecule has 0 saturated heterocycles. The van der Waals surface area contributed by atoms with Crippen LogP contribution in [0.3, 0.4) is 0 Å². The number of amides is 1. The number of benzene rings is 2. The molecule has 0 atom stereocenters. The molecule has 0 fully saturated rings. The smallest absolute Gasteiger partial charge is 0.296 e. The lowest BCUT2D eigenvalue weighted by atomic mass is 9.84. The standard InChI is InChI=1S/C24H31FN2O4/c1-15(28)26-19-11-18(25)22(12-20(19)27(29)30)31-21-9-8-16(13-23(2,3)4)10-17(21)14-24(5,6)7/h8-12H,13-14H2,1-7H3,(H,26,28). The van der Waals surface area contributed by atoms with Crippen LogP contribution in [0.2, 0.25) is 0 Å². The number of nitrogens with zero attached hydrogens (tertiary/aromatic N) is 1. The second-order valence-corrected chi connectivity index (χ2v) is 10.3. The van der Waals surface area contributed by atoms with Crippen molar-refractivity contribution >= 4 is 17.3 Å². The third-order valence-electron chi connectivity index (χ3n) is 4.36. The van der Waals surface area contributed by atoms with E-state index >= 15 is 0 Å². The molecule has 0 unspecified atom stereocenters. The van der Waals surface area contributed by atoms with Gasteiger partial charge in [0, 0.05) is 13.0 Å². The normalized spacial score (nSPS) is 11.9. The number of ether oxygens (including phenoxy) is 1. The van der Waals surface area contributed by atoms with E-state index < -0.39 is 22.3 Å². The lowest BCUT2D eigenvalue weighted by Crippen LogP contribution is -2.13. The second kappa shape index (κ2) is 9.04. The Kier molecular flexibility index (Phi) is 7.09. The molecule has 31 heavy (non-hydrogen) atoms. The van der Waals surface area contributed by atoms with E-state index in [0.29, 0.717) is 12.2 Å². The Labute approximate surface area is 183 Å². The minimum atomic E-state index is -0.796. The minimum absolute atomic E-state index is 0.0434. The van der Waals surface area contributed by atoms with Crippen LogP contribution in [-0.2, 0) is 17.6 Å². The Bertz CT molecular complexity index is 988. The van der Waals surface area contributed by atoms with E-state index in [2.05, 4.69) is 52.9 Å². The number of anilines is 1. The van der Waals surface area contributed by atoms with Gasteiger partial charge in [-0.1, -0.05) is 53.7 Å². The van der Waals surface area contributed by atoms with Crippen molar-refractivity contribution in [3.8, 4) is 11.5 Å². The van der Waals surface area contributed by atoms with Crippen molar-refractivity contribution in [3.63, 3.8) is 0 Å². The average molecular weight is 431 g/mol. The van der Waals surface area contributed by atoms with Gasteiger partial charge in [-0.25, -0.2) is 4.39 Å². The number of hydrogen-bond donors (Lipinski definition) is 1. The van der Waals surface area contributed by atoms with Gasteiger partial charge in [0.1, 0.15) is 11.4 Å². The molecule has 168 valence electrons. The molecule has 2 aromatic rings. The van der Waals surface area contributed by atoms with Crippen LogP contribution < -0.4 is 10.1 Å². The first kappa shape index (κ1) is 24.3. The van der Waals surface area contributed by atoms with Crippen LogP contribution >= 0.6 is 0 Å². The number of halogens is 1. The van der Waals surface area contributed by atoms with Crippen molar-refractivity contribution in [2.45, 2.75) is 61.3 Å². The molecule has 0 heterocycles. The second-order valence-electron chi connectivity index (χ2n) is 10.3. The molecule has 0 radical (unpaired) electrons. The highest BCUT2D eigenvalue weighted by Gasteiger charge is 2.23. The zero-order valence-corrected chi connectivity index (χ0v) is 19.3. The van der Waals surface area contributed by atoms with Gasteiger partial charge in [-0.05, 0) is 40.9 Å². The van der Waals surface area contributed by atoms with Gasteiger partial charge in [0.25, 0.3) is 5.69 Å². The minimum Gasteiger partial charge on any atom is -0.454 e. The summed E-state index contributed by atoms with van der Waals surface area (Å²) < 4.78 is 20.5. The maximum absolute atomic E-state index is 14.7. The fourth-order valence-electron chi connectivity index (χ4n) is 3.34. The number of rotatable bonds is 6. The Hall–Kier alpha value is -2.96. The summed E-state index contributed by atoms with van der Waals surface area (Å²) in [6.45, 7) is 14.0. The number of hydrogen-bond acceptors (Lipinski definition) is 4. The molecule has 0 spiro atoms. The third kappa shape index (κ3) is 7.35. The zero-order chi connectivity index (χ0) is 23.6. The van der Waals surface area contributed by atoms with Crippen molar-refractivity contribution < 1.29 is 18.8 Å². The first-order valence-corrected chi connectivity index (χ1v) is 10.2. The Morgan fingerprint density at radius 3 is 2.16 bits per heavy atom. The van der Waals surface area contributed by atoms with Crippen LogP contribution in [0.25, 0.3) is 0 Å². The number of nitrogens with one attached hydrogen (secondary N) is 1. The molecule has 0 bridgehead atoms. The SMILES string of the molecule is CC(=O)Nc1cc(F)c(Oc2ccc(CC(C)(C)C)cc2CC(C)(C)C)cc1[N+](=O)[O-]. The van der Waals surface area contributed by atoms with E-state index in [0.717, 1.165) is 29.7 Å². The van der Waals surface area contributed by atoms with Gasteiger partial charge in [-0.2, -0.15) is 0 Å². The number of nitro groups is 1. The largest absolute Gasteiger partial charge is 0.454 e. The summed E-state index contributed by atoms with van der Waals surface area (Å²) in [4.78, 5) is 22.0. The quantitative estimate of drug-likeness (QED) is 0.410. The Morgan fingerprint density at radius 2 is 1.65 bits per heavy atom. The highest BCUT2D eigenvalue weighted by Crippen LogP contribution is 2.37. The van der Waals surface area contributed by atoms with Crippen LogP contribution in [-0.4, -0.2) is 10.8 Å². The average Bonchev–Trinajstić information content (AvgIpc) is 2.55. The summed E-state index contributed by atoms with van der Waals surface area (Å²) >= 11 is 0. The van der Waals surface area contributed by atoms with Gasteiger partial charge in [-0.15, -0.1) is 0 Å². The van der Waals surface area contributed by atoms with Gasteiger partial charge in [0.15, 0.2) is 11.6 Å². The van der Waals surface area contributed by atoms with Crippen molar-refractivity contribution in [1.29, 1.82) is 0 Å². The first-order valence-electron chi connectivity index (χ1n) is 10.2. The molecule has 0 aliphatic rings. The summed E-state index contributed by atoms with van der Waals surface area (Å²) in [7, 11) is 0. The summed E-state index contributed by atoms with van der Waals surface area (Å²) in [5, 5.41) is 13.7. The summed E-state index contributed by atoms with van der Waals surface area (Å²) in [6, 6.07) is 7.69. The Morgan fingerprint density at radius 1 is 1.03 bits per heavy atom. The van der Waals surface area contributed by atoms with Crippen LogP contribution in [0.1, 0.15) is 59.6 Å². The molecule has 2 rings (SSSR count). The Balaban J connectivity index is 2.50. The van der Waals surface area contributed by atoms with Crippen LogP contribution in [0, 0.1) is 26.8 Å². The third-order valence-corrected chi connectivity index (χ3v) is 4.36. The van der Waals surface area contributed by atoms with Gasteiger partial charge in [0.05, 0.1) is 11.0 Å². The molecule has 1 amide bonds. The highest BCUT2D eigenvalue weighted by atomic mass is 19.1. The molecule has 1 N–H and O–H groups in total. The number of carbonyl (C=O) groups is 1. The maximum Gasteiger partial charge on any atom is 0.296 e. The molecule has 0 aliphatic carbocycles. The molecule has 0 aromatic heterocycles. The van der Waals surface area contributed by atoms with Crippen LogP contribution in [0.5, 0.6) is 11.5 Å². The molecular weight excluding hydrogens is 399 g/mol. The van der Waals surface area contributed by atoms with E-state index in [-0.39, 0.29) is 22.3 Å². The first-order chi connectivity index (χ1) is 14.1. The molecule has 7 heteroatoms. The van der Waals surface area contributed by atoms with E-state index in [1.54, 1.807) is 6.07 Å². The van der Waals surface area contributed by atoms with Crippen LogP contribution in [0.4, 0.5) is 15.8 Å². The van der Waals surface area contributed by atoms with E-state index in [1.807, 2.05) is 6.07 Å². The predicted octanol–water partition coefficient (Wildman–Crippen LogP) is 6.66. The summed E-state index contributed by atoms with van der Waals surface area (Å²) in [5.41, 5.74) is 1.46. The summed E-state index contributed by atoms with van der Waals surface area (Å²) in [5.74, 6) is -1.14. The lowest BCUT2D eigenvalue weighted by molar-refractivity contribution is -0.384. The van der Waals surface area contributed by atoms with Crippen molar-refractivity contribution in [1.82, 2.24) is 0 Å². The van der Waals surface area contributed by atoms with Crippen molar-refractivity contribution in [2.24, 2.45) is 10.8 Å². The molecule has 0 saturated carbocycles.